The number of ether oxygens (including phenoxy) is 2. The highest BCUT2D eigenvalue weighted by Gasteiger charge is 2.12. The molecule has 0 aromatic heterocycles. The molecular formula is C20H21NO4. The van der Waals surface area contributed by atoms with E-state index in [0.29, 0.717) is 0 Å². The molecule has 25 heavy (non-hydrogen) atoms. The topological polar surface area (TPSA) is 64.6 Å². The fraction of sp³-hybridized carbons (Fsp3) is 0.200. The van der Waals surface area contributed by atoms with Crippen LogP contribution in [-0.4, -0.2) is 25.1 Å². The van der Waals surface area contributed by atoms with Gasteiger partial charge in [-0.1, -0.05) is 42.5 Å². The highest BCUT2D eigenvalue weighted by atomic mass is 16.6. The van der Waals surface area contributed by atoms with E-state index in [9.17, 15) is 9.59 Å². The van der Waals surface area contributed by atoms with Gasteiger partial charge in [-0.15, -0.1) is 0 Å². The Bertz CT molecular complexity index is 753. The molecule has 2 rings (SSSR count). The Hall–Kier alpha value is -3.08. The van der Waals surface area contributed by atoms with Crippen LogP contribution in [0.4, 0.5) is 0 Å². The molecule has 0 saturated carbocycles. The summed E-state index contributed by atoms with van der Waals surface area (Å²) in [5.74, 6) is -0.222. The highest BCUT2D eigenvalue weighted by Crippen LogP contribution is 2.12. The van der Waals surface area contributed by atoms with Gasteiger partial charge in [0.25, 0.3) is 0 Å². The lowest BCUT2D eigenvalue weighted by atomic mass is 10.2. The number of carbonyl (C=O) groups is 2. The standard InChI is InChI=1S/C20H21NO4/c1-15-7-6-10-18(13-15)24-11-12-25-20(23)19(21-16(2)22)14-17-8-4-3-5-9-17/h3-10,13-14H,11-12H2,1-2H3,(H,21,22)/b19-14-. The van der Waals surface area contributed by atoms with Crippen LogP contribution in [0.15, 0.2) is 60.3 Å². The maximum atomic E-state index is 12.2. The molecule has 0 radical (unpaired) electrons. The number of hydrogen-bond acceptors (Lipinski definition) is 4. The first-order valence-electron chi connectivity index (χ1n) is 7.95. The van der Waals surface area contributed by atoms with E-state index in [2.05, 4.69) is 5.32 Å². The molecule has 0 unspecified atom stereocenters. The zero-order valence-corrected chi connectivity index (χ0v) is 14.3. The van der Waals surface area contributed by atoms with Crippen molar-refractivity contribution >= 4 is 18.0 Å². The molecule has 0 aliphatic rings. The van der Waals surface area contributed by atoms with Crippen LogP contribution in [0.1, 0.15) is 18.1 Å². The quantitative estimate of drug-likeness (QED) is 0.478. The summed E-state index contributed by atoms with van der Waals surface area (Å²) in [6, 6.07) is 16.8. The lowest BCUT2D eigenvalue weighted by molar-refractivity contribution is -0.141. The summed E-state index contributed by atoms with van der Waals surface area (Å²) in [5, 5.41) is 2.50. The smallest absolute Gasteiger partial charge is 0.354 e. The first-order valence-corrected chi connectivity index (χ1v) is 7.95. The molecule has 2 aromatic rings. The van der Waals surface area contributed by atoms with Gasteiger partial charge in [0.2, 0.25) is 5.91 Å². The minimum atomic E-state index is -0.605. The van der Waals surface area contributed by atoms with Crippen LogP contribution in [0.5, 0.6) is 5.75 Å². The number of nitrogens with one attached hydrogen (secondary N) is 1. The van der Waals surface area contributed by atoms with E-state index >= 15 is 0 Å². The van der Waals surface area contributed by atoms with Crippen LogP contribution in [-0.2, 0) is 14.3 Å². The van der Waals surface area contributed by atoms with Crippen molar-refractivity contribution in [3.63, 3.8) is 0 Å². The largest absolute Gasteiger partial charge is 0.490 e. The van der Waals surface area contributed by atoms with E-state index in [0.717, 1.165) is 16.9 Å². The highest BCUT2D eigenvalue weighted by molar-refractivity contribution is 5.97. The summed E-state index contributed by atoms with van der Waals surface area (Å²) < 4.78 is 10.7. The van der Waals surface area contributed by atoms with Gasteiger partial charge in [-0.2, -0.15) is 0 Å². The molecule has 1 N–H and O–H groups in total. The second-order valence-corrected chi connectivity index (χ2v) is 5.45. The van der Waals surface area contributed by atoms with Crippen LogP contribution in [0.25, 0.3) is 6.08 Å². The van der Waals surface area contributed by atoms with Crippen molar-refractivity contribution in [2.24, 2.45) is 0 Å². The van der Waals surface area contributed by atoms with Crippen LogP contribution < -0.4 is 10.1 Å². The third-order valence-corrected chi connectivity index (χ3v) is 3.22. The predicted molar refractivity (Wildman–Crippen MR) is 95.9 cm³/mol. The number of aryl methyl sites for hydroxylation is 1. The van der Waals surface area contributed by atoms with Gasteiger partial charge >= 0.3 is 5.97 Å². The number of amides is 1. The molecule has 2 aromatic carbocycles. The van der Waals surface area contributed by atoms with Crippen molar-refractivity contribution in [3.8, 4) is 5.75 Å². The van der Waals surface area contributed by atoms with Gasteiger partial charge in [-0.05, 0) is 36.3 Å². The molecular weight excluding hydrogens is 318 g/mol. The van der Waals surface area contributed by atoms with Crippen LogP contribution in [0, 0.1) is 6.92 Å². The predicted octanol–water partition coefficient (Wildman–Crippen LogP) is 3.09. The number of benzene rings is 2. The van der Waals surface area contributed by atoms with E-state index in [1.54, 1.807) is 6.08 Å². The van der Waals surface area contributed by atoms with Gasteiger partial charge < -0.3 is 14.8 Å². The molecule has 1 amide bonds. The van der Waals surface area contributed by atoms with Crippen LogP contribution in [0.3, 0.4) is 0 Å². The molecule has 0 saturated heterocycles. The minimum absolute atomic E-state index is 0.0818. The first kappa shape index (κ1) is 18.3. The van der Waals surface area contributed by atoms with E-state index in [-0.39, 0.29) is 24.8 Å². The zero-order chi connectivity index (χ0) is 18.1. The van der Waals surface area contributed by atoms with Gasteiger partial charge in [0.05, 0.1) is 0 Å². The summed E-state index contributed by atoms with van der Waals surface area (Å²) in [6.07, 6.45) is 1.57. The van der Waals surface area contributed by atoms with Crippen molar-refractivity contribution in [2.45, 2.75) is 13.8 Å². The van der Waals surface area contributed by atoms with E-state index in [1.165, 1.54) is 6.92 Å². The SMILES string of the molecule is CC(=O)N/C(=C\c1ccccc1)C(=O)OCCOc1cccc(C)c1. The Labute approximate surface area is 147 Å². The molecule has 130 valence electrons. The van der Waals surface area contributed by atoms with Gasteiger partial charge in [-0.3, -0.25) is 4.79 Å². The number of carbonyl (C=O) groups excluding carboxylic acids is 2. The van der Waals surface area contributed by atoms with Crippen molar-refractivity contribution < 1.29 is 19.1 Å². The lowest BCUT2D eigenvalue weighted by Gasteiger charge is -2.10. The van der Waals surface area contributed by atoms with Crippen LogP contribution in [0.2, 0.25) is 0 Å². The molecule has 0 heterocycles. The number of rotatable bonds is 7. The zero-order valence-electron chi connectivity index (χ0n) is 14.3. The van der Waals surface area contributed by atoms with E-state index < -0.39 is 5.97 Å². The van der Waals surface area contributed by atoms with Crippen molar-refractivity contribution in [1.29, 1.82) is 0 Å². The number of hydrogen-bond donors (Lipinski definition) is 1. The molecule has 0 aliphatic heterocycles. The van der Waals surface area contributed by atoms with Crippen LogP contribution >= 0.6 is 0 Å². The maximum Gasteiger partial charge on any atom is 0.354 e. The third kappa shape index (κ3) is 6.51. The molecule has 0 fully saturated rings. The van der Waals surface area contributed by atoms with Gasteiger partial charge in [0, 0.05) is 6.92 Å². The molecule has 5 heteroatoms. The third-order valence-electron chi connectivity index (χ3n) is 3.22. The van der Waals surface area contributed by atoms with E-state index in [4.69, 9.17) is 9.47 Å². The maximum absolute atomic E-state index is 12.2. The molecule has 5 nitrogen and oxygen atoms in total. The molecule has 0 aliphatic carbocycles. The molecule has 0 spiro atoms. The van der Waals surface area contributed by atoms with Gasteiger partial charge in [0.15, 0.2) is 0 Å². The fourth-order valence-corrected chi connectivity index (χ4v) is 2.13. The van der Waals surface area contributed by atoms with Gasteiger partial charge in [-0.25, -0.2) is 4.79 Å². The molecule has 0 bridgehead atoms. The number of esters is 1. The van der Waals surface area contributed by atoms with Crippen molar-refractivity contribution in [1.82, 2.24) is 5.32 Å². The monoisotopic (exact) mass is 339 g/mol. The second-order valence-electron chi connectivity index (χ2n) is 5.45. The fourth-order valence-electron chi connectivity index (χ4n) is 2.13. The Morgan fingerprint density at radius 3 is 2.48 bits per heavy atom. The summed E-state index contributed by atoms with van der Waals surface area (Å²) >= 11 is 0. The Balaban J connectivity index is 1.91. The summed E-state index contributed by atoms with van der Waals surface area (Å²) in [5.41, 5.74) is 1.97. The van der Waals surface area contributed by atoms with Crippen molar-refractivity contribution in [2.75, 3.05) is 13.2 Å². The average Bonchev–Trinajstić information content (AvgIpc) is 2.58. The normalized spacial score (nSPS) is 10.9. The second kappa shape index (κ2) is 9.27. The summed E-state index contributed by atoms with van der Waals surface area (Å²) in [7, 11) is 0. The molecule has 0 atom stereocenters. The first-order chi connectivity index (χ1) is 12.0. The van der Waals surface area contributed by atoms with E-state index in [1.807, 2.05) is 61.5 Å². The average molecular weight is 339 g/mol. The van der Waals surface area contributed by atoms with Crippen molar-refractivity contribution in [3.05, 3.63) is 71.4 Å². The summed E-state index contributed by atoms with van der Waals surface area (Å²) in [4.78, 5) is 23.5. The Morgan fingerprint density at radius 2 is 1.80 bits per heavy atom. The minimum Gasteiger partial charge on any atom is -0.490 e. The van der Waals surface area contributed by atoms with Gasteiger partial charge in [0.1, 0.15) is 24.7 Å². The summed E-state index contributed by atoms with van der Waals surface area (Å²) in [6.45, 7) is 3.63. The lowest BCUT2D eigenvalue weighted by Crippen LogP contribution is -2.27. The Morgan fingerprint density at radius 1 is 1.04 bits per heavy atom. The Kier molecular flexibility index (Phi) is 6.77.